The highest BCUT2D eigenvalue weighted by Gasteiger charge is 2.28. The van der Waals surface area contributed by atoms with Gasteiger partial charge in [-0.15, -0.1) is 0 Å². The first-order chi connectivity index (χ1) is 8.30. The van der Waals surface area contributed by atoms with Gasteiger partial charge in [-0.05, 0) is 45.6 Å². The highest BCUT2D eigenvalue weighted by atomic mass is 16.3. The van der Waals surface area contributed by atoms with Gasteiger partial charge in [0.15, 0.2) is 0 Å². The van der Waals surface area contributed by atoms with Crippen LogP contribution < -0.4 is 5.32 Å². The Morgan fingerprint density at radius 2 is 1.83 bits per heavy atom. The Bertz CT molecular complexity index is 233. The van der Waals surface area contributed by atoms with Gasteiger partial charge in [0.25, 0.3) is 0 Å². The monoisotopic (exact) mass is 256 g/mol. The number of aliphatic hydroxyl groups is 1. The van der Waals surface area contributed by atoms with Crippen molar-refractivity contribution in [3.8, 4) is 0 Å². The summed E-state index contributed by atoms with van der Waals surface area (Å²) >= 11 is 0. The molecule has 1 aliphatic carbocycles. The maximum Gasteiger partial charge on any atom is 0.0869 e. The second kappa shape index (κ2) is 6.88. The Kier molecular flexibility index (Phi) is 6.09. The molecule has 1 unspecified atom stereocenters. The van der Waals surface area contributed by atoms with Crippen LogP contribution in [0.1, 0.15) is 53.4 Å². The molecule has 3 nitrogen and oxygen atoms in total. The highest BCUT2D eigenvalue weighted by molar-refractivity contribution is 4.84. The van der Waals surface area contributed by atoms with Crippen LogP contribution in [0.4, 0.5) is 0 Å². The molecule has 1 atom stereocenters. The van der Waals surface area contributed by atoms with Crippen LogP contribution in [0, 0.1) is 5.92 Å². The Morgan fingerprint density at radius 1 is 1.28 bits per heavy atom. The molecule has 1 saturated carbocycles. The third-order valence-corrected chi connectivity index (χ3v) is 4.09. The van der Waals surface area contributed by atoms with E-state index in [2.05, 4.69) is 38.0 Å². The lowest BCUT2D eigenvalue weighted by Gasteiger charge is -2.38. The smallest absolute Gasteiger partial charge is 0.0869 e. The molecule has 1 rings (SSSR count). The average molecular weight is 256 g/mol. The zero-order valence-corrected chi connectivity index (χ0v) is 12.9. The average Bonchev–Trinajstić information content (AvgIpc) is 2.27. The van der Waals surface area contributed by atoms with Gasteiger partial charge in [-0.2, -0.15) is 0 Å². The van der Waals surface area contributed by atoms with Crippen molar-refractivity contribution in [3.05, 3.63) is 0 Å². The van der Waals surface area contributed by atoms with Gasteiger partial charge in [-0.3, -0.25) is 0 Å². The van der Waals surface area contributed by atoms with Crippen molar-refractivity contribution in [2.24, 2.45) is 5.92 Å². The van der Waals surface area contributed by atoms with E-state index in [0.29, 0.717) is 18.6 Å². The van der Waals surface area contributed by atoms with Crippen molar-refractivity contribution in [1.82, 2.24) is 10.2 Å². The standard InChI is InChI=1S/C15H32N2O/c1-12(2)16-10-15(4,18)11-17(5)14-8-6-13(3)7-9-14/h12-14,16,18H,6-11H2,1-5H3. The number of nitrogens with one attached hydrogen (secondary N) is 1. The number of hydrogen-bond donors (Lipinski definition) is 2. The van der Waals surface area contributed by atoms with E-state index in [1.807, 2.05) is 6.92 Å². The van der Waals surface area contributed by atoms with Crippen LogP contribution in [0.2, 0.25) is 0 Å². The molecule has 0 saturated heterocycles. The lowest BCUT2D eigenvalue weighted by atomic mass is 9.86. The van der Waals surface area contributed by atoms with Gasteiger partial charge in [0.2, 0.25) is 0 Å². The maximum atomic E-state index is 10.4. The quantitative estimate of drug-likeness (QED) is 0.765. The SMILES string of the molecule is CC1CCC(N(C)CC(C)(O)CNC(C)C)CC1. The lowest BCUT2D eigenvalue weighted by molar-refractivity contribution is 0.00766. The van der Waals surface area contributed by atoms with Crippen molar-refractivity contribution >= 4 is 0 Å². The number of likely N-dealkylation sites (N-methyl/N-ethyl adjacent to an activating group) is 1. The molecule has 0 aromatic carbocycles. The first-order valence-corrected chi connectivity index (χ1v) is 7.46. The molecule has 0 heterocycles. The van der Waals surface area contributed by atoms with Gasteiger partial charge in [0.05, 0.1) is 5.60 Å². The Labute approximate surface area is 113 Å². The van der Waals surface area contributed by atoms with E-state index in [-0.39, 0.29) is 0 Å². The van der Waals surface area contributed by atoms with Crippen LogP contribution in [0.15, 0.2) is 0 Å². The summed E-state index contributed by atoms with van der Waals surface area (Å²) in [7, 11) is 2.16. The van der Waals surface area contributed by atoms with Crippen molar-refractivity contribution in [1.29, 1.82) is 0 Å². The van der Waals surface area contributed by atoms with Crippen molar-refractivity contribution < 1.29 is 5.11 Å². The summed E-state index contributed by atoms with van der Waals surface area (Å²) in [5, 5.41) is 13.7. The van der Waals surface area contributed by atoms with Gasteiger partial charge >= 0.3 is 0 Å². The summed E-state index contributed by atoms with van der Waals surface area (Å²) in [6.45, 7) is 9.93. The molecule has 0 bridgehead atoms. The van der Waals surface area contributed by atoms with Crippen LogP contribution in [0.5, 0.6) is 0 Å². The summed E-state index contributed by atoms with van der Waals surface area (Å²) in [6, 6.07) is 1.09. The molecule has 3 heteroatoms. The number of rotatable bonds is 6. The van der Waals surface area contributed by atoms with E-state index in [0.717, 1.165) is 12.5 Å². The number of hydrogen-bond acceptors (Lipinski definition) is 3. The normalized spacial score (nSPS) is 28.7. The predicted molar refractivity (Wildman–Crippen MR) is 77.8 cm³/mol. The zero-order chi connectivity index (χ0) is 13.8. The van der Waals surface area contributed by atoms with Gasteiger partial charge in [0.1, 0.15) is 0 Å². The topological polar surface area (TPSA) is 35.5 Å². The van der Waals surface area contributed by atoms with E-state index in [1.165, 1.54) is 25.7 Å². The molecule has 0 radical (unpaired) electrons. The van der Waals surface area contributed by atoms with E-state index in [1.54, 1.807) is 0 Å². The second-order valence-corrected chi connectivity index (χ2v) is 6.86. The van der Waals surface area contributed by atoms with E-state index < -0.39 is 5.60 Å². The minimum absolute atomic E-state index is 0.428. The fourth-order valence-electron chi connectivity index (χ4n) is 2.83. The van der Waals surface area contributed by atoms with Crippen molar-refractivity contribution in [3.63, 3.8) is 0 Å². The van der Waals surface area contributed by atoms with E-state index >= 15 is 0 Å². The molecule has 0 aliphatic heterocycles. The minimum atomic E-state index is -0.637. The van der Waals surface area contributed by atoms with Crippen LogP contribution in [0.3, 0.4) is 0 Å². The molecule has 1 aliphatic rings. The third-order valence-electron chi connectivity index (χ3n) is 4.09. The van der Waals surface area contributed by atoms with E-state index in [9.17, 15) is 5.11 Å². The van der Waals surface area contributed by atoms with Crippen LogP contribution >= 0.6 is 0 Å². The predicted octanol–water partition coefficient (Wildman–Crippen LogP) is 2.25. The summed E-state index contributed by atoms with van der Waals surface area (Å²) < 4.78 is 0. The summed E-state index contributed by atoms with van der Waals surface area (Å²) in [5.41, 5.74) is -0.637. The van der Waals surface area contributed by atoms with Crippen LogP contribution in [-0.2, 0) is 0 Å². The Morgan fingerprint density at radius 3 is 2.33 bits per heavy atom. The van der Waals surface area contributed by atoms with E-state index in [4.69, 9.17) is 0 Å². The van der Waals surface area contributed by atoms with Crippen molar-refractivity contribution in [2.75, 3.05) is 20.1 Å². The molecule has 18 heavy (non-hydrogen) atoms. The zero-order valence-electron chi connectivity index (χ0n) is 12.9. The fraction of sp³-hybridized carbons (Fsp3) is 1.00. The van der Waals surface area contributed by atoms with Gasteiger partial charge in [0, 0.05) is 25.2 Å². The van der Waals surface area contributed by atoms with Gasteiger partial charge in [-0.1, -0.05) is 20.8 Å². The molecule has 0 spiro atoms. The molecular weight excluding hydrogens is 224 g/mol. The maximum absolute atomic E-state index is 10.4. The summed E-state index contributed by atoms with van der Waals surface area (Å²) in [6.07, 6.45) is 5.24. The molecule has 0 amide bonds. The Hall–Kier alpha value is -0.120. The molecule has 108 valence electrons. The molecule has 0 aromatic heterocycles. The fourth-order valence-corrected chi connectivity index (χ4v) is 2.83. The summed E-state index contributed by atoms with van der Waals surface area (Å²) in [4.78, 5) is 2.36. The Balaban J connectivity index is 2.35. The second-order valence-electron chi connectivity index (χ2n) is 6.86. The third kappa shape index (κ3) is 5.68. The first-order valence-electron chi connectivity index (χ1n) is 7.46. The molecule has 2 N–H and O–H groups in total. The van der Waals surface area contributed by atoms with Crippen LogP contribution in [0.25, 0.3) is 0 Å². The van der Waals surface area contributed by atoms with Crippen molar-refractivity contribution in [2.45, 2.75) is 71.1 Å². The first kappa shape index (κ1) is 15.9. The molecule has 1 fully saturated rings. The molecule has 0 aromatic rings. The molecular formula is C15H32N2O. The lowest BCUT2D eigenvalue weighted by Crippen LogP contribution is -2.50. The minimum Gasteiger partial charge on any atom is -0.388 e. The van der Waals surface area contributed by atoms with Gasteiger partial charge < -0.3 is 15.3 Å². The largest absolute Gasteiger partial charge is 0.388 e. The van der Waals surface area contributed by atoms with Gasteiger partial charge in [-0.25, -0.2) is 0 Å². The van der Waals surface area contributed by atoms with Crippen LogP contribution in [-0.4, -0.2) is 47.8 Å². The highest BCUT2D eigenvalue weighted by Crippen LogP contribution is 2.27. The summed E-state index contributed by atoms with van der Waals surface area (Å²) in [5.74, 6) is 0.887. The number of nitrogens with zero attached hydrogens (tertiary/aromatic N) is 1.